The fraction of sp³-hybridized carbons (Fsp3) is 0. The lowest BCUT2D eigenvalue weighted by Crippen LogP contribution is -2.13. The molecule has 0 aliphatic rings. The molecule has 0 unspecified atom stereocenters. The molecule has 0 aliphatic heterocycles. The van der Waals surface area contributed by atoms with Crippen molar-refractivity contribution >= 4 is 70.4 Å². The van der Waals surface area contributed by atoms with Gasteiger partial charge in [-0.3, -0.25) is 0 Å². The first-order chi connectivity index (χ1) is 31.3. The van der Waals surface area contributed by atoms with E-state index in [2.05, 4.69) is 252 Å². The number of hydrogen-bond acceptors (Lipinski definition) is 2. The van der Waals surface area contributed by atoms with Crippen LogP contribution in [0.3, 0.4) is 0 Å². The first-order valence-corrected chi connectivity index (χ1v) is 22.3. The number of aromatic nitrogens is 1. The van der Waals surface area contributed by atoms with Gasteiger partial charge in [0.25, 0.3) is 0 Å². The van der Waals surface area contributed by atoms with Gasteiger partial charge in [-0.05, 0) is 64.7 Å². The molecule has 0 radical (unpaired) electrons. The van der Waals surface area contributed by atoms with Crippen LogP contribution in [0.2, 0.25) is 0 Å². The van der Waals surface area contributed by atoms with Crippen LogP contribution < -0.4 is 4.90 Å². The second-order valence-electron chi connectivity index (χ2n) is 16.0. The maximum Gasteiger partial charge on any atom is 0.0562 e. The molecule has 0 spiro atoms. The maximum atomic E-state index is 2.53. The number of rotatable bonds is 8. The summed E-state index contributed by atoms with van der Waals surface area (Å²) >= 11 is 1.88. The zero-order valence-corrected chi connectivity index (χ0v) is 35.2. The standard InChI is InChI=1S/C60H40N2S/c1-4-21-41(22-5-1)44-27-10-14-34-51(44)61(52-35-15-11-28-46(52)48-32-18-33-49-47-29-13-17-40-57(47)63-60(48)49)55-38-20-39-56-59(55)50-30-12-16-36-53(50)62(56)54-37-19-31-45(42-23-6-2-7-24-42)58(54)43-25-8-3-9-26-43/h1-40H. The van der Waals surface area contributed by atoms with Gasteiger partial charge in [0.2, 0.25) is 0 Å². The Morgan fingerprint density at radius 1 is 0.317 bits per heavy atom. The highest BCUT2D eigenvalue weighted by Gasteiger charge is 2.26. The molecule has 0 atom stereocenters. The molecule has 2 heterocycles. The van der Waals surface area contributed by atoms with Crippen LogP contribution in [0.5, 0.6) is 0 Å². The maximum absolute atomic E-state index is 2.53. The number of fused-ring (bicyclic) bond motifs is 6. The van der Waals surface area contributed by atoms with E-state index in [9.17, 15) is 0 Å². The molecular formula is C60H40N2S. The van der Waals surface area contributed by atoms with Gasteiger partial charge >= 0.3 is 0 Å². The average molecular weight is 821 g/mol. The molecule has 0 aliphatic carbocycles. The number of para-hydroxylation sites is 3. The summed E-state index contributed by atoms with van der Waals surface area (Å²) in [4.78, 5) is 2.53. The molecule has 296 valence electrons. The minimum absolute atomic E-state index is 1.11. The zero-order chi connectivity index (χ0) is 41.7. The van der Waals surface area contributed by atoms with Crippen molar-refractivity contribution in [2.75, 3.05) is 4.90 Å². The largest absolute Gasteiger partial charge is 0.309 e. The van der Waals surface area contributed by atoms with Crippen LogP contribution in [-0.4, -0.2) is 4.57 Å². The molecule has 12 rings (SSSR count). The Bertz CT molecular complexity index is 3620. The van der Waals surface area contributed by atoms with Crippen molar-refractivity contribution in [2.24, 2.45) is 0 Å². The molecule has 0 fully saturated rings. The average Bonchev–Trinajstić information content (AvgIpc) is 3.92. The Labute approximate surface area is 370 Å². The number of hydrogen-bond donors (Lipinski definition) is 0. The second-order valence-corrected chi connectivity index (χ2v) is 17.0. The van der Waals surface area contributed by atoms with E-state index in [0.29, 0.717) is 0 Å². The van der Waals surface area contributed by atoms with Crippen molar-refractivity contribution in [3.8, 4) is 50.2 Å². The number of nitrogens with zero attached hydrogens (tertiary/aromatic N) is 2. The number of benzene rings is 10. The minimum Gasteiger partial charge on any atom is -0.309 e. The predicted octanol–water partition coefficient (Wildman–Crippen LogP) is 17.3. The summed E-state index contributed by atoms with van der Waals surface area (Å²) in [6.45, 7) is 0. The first kappa shape index (κ1) is 36.8. The molecule has 0 saturated carbocycles. The van der Waals surface area contributed by atoms with Gasteiger partial charge in [-0.25, -0.2) is 0 Å². The van der Waals surface area contributed by atoms with Gasteiger partial charge in [-0.1, -0.05) is 200 Å². The summed E-state index contributed by atoms with van der Waals surface area (Å²) in [5.74, 6) is 0. The summed E-state index contributed by atoms with van der Waals surface area (Å²) in [6, 6.07) is 88.4. The van der Waals surface area contributed by atoms with E-state index >= 15 is 0 Å². The van der Waals surface area contributed by atoms with Gasteiger partial charge in [0.1, 0.15) is 0 Å². The monoisotopic (exact) mass is 820 g/mol. The van der Waals surface area contributed by atoms with Crippen LogP contribution in [0.15, 0.2) is 243 Å². The smallest absolute Gasteiger partial charge is 0.0562 e. The Morgan fingerprint density at radius 2 is 0.810 bits per heavy atom. The Kier molecular flexibility index (Phi) is 9.06. The molecule has 63 heavy (non-hydrogen) atoms. The van der Waals surface area contributed by atoms with Gasteiger partial charge in [-0.15, -0.1) is 11.3 Å². The van der Waals surface area contributed by atoms with E-state index in [4.69, 9.17) is 0 Å². The molecule has 10 aromatic carbocycles. The SMILES string of the molecule is c1ccc(-c2ccccc2N(c2ccccc2-c2cccc3c2sc2ccccc23)c2cccc3c2c2ccccc2n3-c2cccc(-c3ccccc3)c2-c2ccccc2)cc1. The molecule has 0 amide bonds. The summed E-state index contributed by atoms with van der Waals surface area (Å²) in [7, 11) is 0. The molecule has 3 heteroatoms. The first-order valence-electron chi connectivity index (χ1n) is 21.5. The molecule has 2 nitrogen and oxygen atoms in total. The third-order valence-corrected chi connectivity index (χ3v) is 13.6. The van der Waals surface area contributed by atoms with Crippen molar-refractivity contribution in [1.82, 2.24) is 4.57 Å². The van der Waals surface area contributed by atoms with Crippen molar-refractivity contribution in [3.05, 3.63) is 243 Å². The van der Waals surface area contributed by atoms with Crippen molar-refractivity contribution in [2.45, 2.75) is 0 Å². The van der Waals surface area contributed by atoms with Crippen LogP contribution >= 0.6 is 11.3 Å². The van der Waals surface area contributed by atoms with E-state index < -0.39 is 0 Å². The third kappa shape index (κ3) is 6.16. The van der Waals surface area contributed by atoms with E-state index in [-0.39, 0.29) is 0 Å². The molecule has 2 aromatic heterocycles. The minimum atomic E-state index is 1.11. The Morgan fingerprint density at radius 3 is 1.57 bits per heavy atom. The fourth-order valence-electron chi connectivity index (χ4n) is 9.71. The van der Waals surface area contributed by atoms with Crippen LogP contribution in [0.25, 0.3) is 92.2 Å². The molecule has 0 saturated heterocycles. The zero-order valence-electron chi connectivity index (χ0n) is 34.4. The van der Waals surface area contributed by atoms with Gasteiger partial charge in [0, 0.05) is 53.2 Å². The molecule has 0 bridgehead atoms. The fourth-order valence-corrected chi connectivity index (χ4v) is 10.9. The van der Waals surface area contributed by atoms with E-state index in [1.54, 1.807) is 0 Å². The van der Waals surface area contributed by atoms with Gasteiger partial charge in [0.05, 0.1) is 33.8 Å². The summed E-state index contributed by atoms with van der Waals surface area (Å²) < 4.78 is 5.09. The Balaban J connectivity index is 1.18. The van der Waals surface area contributed by atoms with Crippen molar-refractivity contribution < 1.29 is 0 Å². The number of thiophene rings is 1. The van der Waals surface area contributed by atoms with E-state index in [1.807, 2.05) is 11.3 Å². The summed E-state index contributed by atoms with van der Waals surface area (Å²) in [5.41, 5.74) is 16.3. The van der Waals surface area contributed by atoms with Gasteiger partial charge in [0.15, 0.2) is 0 Å². The third-order valence-electron chi connectivity index (χ3n) is 12.4. The number of anilines is 3. The van der Waals surface area contributed by atoms with Crippen LogP contribution in [0, 0.1) is 0 Å². The lowest BCUT2D eigenvalue weighted by Gasteiger charge is -2.30. The highest BCUT2D eigenvalue weighted by molar-refractivity contribution is 7.26. The van der Waals surface area contributed by atoms with Crippen LogP contribution in [0.4, 0.5) is 17.1 Å². The normalized spacial score (nSPS) is 11.5. The lowest BCUT2D eigenvalue weighted by atomic mass is 9.93. The van der Waals surface area contributed by atoms with Crippen LogP contribution in [-0.2, 0) is 0 Å². The van der Waals surface area contributed by atoms with Gasteiger partial charge < -0.3 is 9.47 Å². The van der Waals surface area contributed by atoms with Crippen molar-refractivity contribution in [3.63, 3.8) is 0 Å². The predicted molar refractivity (Wildman–Crippen MR) is 270 cm³/mol. The van der Waals surface area contributed by atoms with E-state index in [1.165, 1.54) is 69.9 Å². The summed E-state index contributed by atoms with van der Waals surface area (Å²) in [6.07, 6.45) is 0. The summed E-state index contributed by atoms with van der Waals surface area (Å²) in [5, 5.41) is 4.97. The topological polar surface area (TPSA) is 8.17 Å². The molecular weight excluding hydrogens is 781 g/mol. The molecule has 12 aromatic rings. The van der Waals surface area contributed by atoms with Crippen molar-refractivity contribution in [1.29, 1.82) is 0 Å². The second kappa shape index (κ2) is 15.5. The highest BCUT2D eigenvalue weighted by atomic mass is 32.1. The lowest BCUT2D eigenvalue weighted by molar-refractivity contribution is 1.18. The Hall–Kier alpha value is -7.98. The van der Waals surface area contributed by atoms with Crippen LogP contribution in [0.1, 0.15) is 0 Å². The van der Waals surface area contributed by atoms with E-state index in [0.717, 1.165) is 39.3 Å². The van der Waals surface area contributed by atoms with Gasteiger partial charge in [-0.2, -0.15) is 0 Å². The quantitative estimate of drug-likeness (QED) is 0.148. The highest BCUT2D eigenvalue weighted by Crippen LogP contribution is 2.51. The molecule has 0 N–H and O–H groups in total.